The molecule has 0 aromatic heterocycles. The molecule has 0 heterocycles. The third-order valence-electron chi connectivity index (χ3n) is 12.4. The van der Waals surface area contributed by atoms with E-state index in [1.54, 1.807) is 17.7 Å². The Morgan fingerprint density at radius 3 is 2.44 bits per heavy atom. The van der Waals surface area contributed by atoms with Gasteiger partial charge in [0, 0.05) is 13.3 Å². The second-order valence-electron chi connectivity index (χ2n) is 15.1. The summed E-state index contributed by atoms with van der Waals surface area (Å²) in [7, 11) is -3.23. The molecule has 0 aliphatic heterocycles. The number of allylic oxidation sites excluding steroid dienone is 1. The summed E-state index contributed by atoms with van der Waals surface area (Å²) in [6, 6.07) is 7.29. The number of hydrogen-bond acceptors (Lipinski definition) is 4. The Balaban J connectivity index is 1.16. The zero-order valence-electron chi connectivity index (χ0n) is 26.5. The predicted molar refractivity (Wildman–Crippen MR) is 166 cm³/mol. The van der Waals surface area contributed by atoms with Crippen LogP contribution in [0.1, 0.15) is 111 Å². The number of rotatable bonds is 9. The SMILES string of the molecule is CC(=O)OC1CC[C@@]2(C)C(=CC[C@H]3[C@@H]4CC[C@H]([C@H](C)CCCC(C)CS(=O)(=O)c5ccc(C)cc5)[C@@]4(C)CC[C@@H]32)C1. The second kappa shape index (κ2) is 11.8. The highest BCUT2D eigenvalue weighted by Crippen LogP contribution is 2.67. The molecule has 228 valence electrons. The van der Waals surface area contributed by atoms with Crippen LogP contribution in [0, 0.1) is 53.3 Å². The molecule has 0 amide bonds. The molecule has 0 spiro atoms. The van der Waals surface area contributed by atoms with Crippen LogP contribution in [-0.4, -0.2) is 26.2 Å². The highest BCUT2D eigenvalue weighted by atomic mass is 32.2. The predicted octanol–water partition coefficient (Wildman–Crippen LogP) is 8.72. The first kappa shape index (κ1) is 30.8. The molecule has 0 bridgehead atoms. The number of esters is 1. The Bertz CT molecular complexity index is 1230. The van der Waals surface area contributed by atoms with Gasteiger partial charge < -0.3 is 4.74 Å². The number of carbonyl (C=O) groups excluding carboxylic acids is 1. The molecule has 5 rings (SSSR count). The topological polar surface area (TPSA) is 60.4 Å². The summed E-state index contributed by atoms with van der Waals surface area (Å²) in [5, 5.41) is 0. The molecule has 4 aliphatic rings. The van der Waals surface area contributed by atoms with Crippen LogP contribution in [-0.2, 0) is 19.4 Å². The van der Waals surface area contributed by atoms with Crippen LogP contribution in [0.3, 0.4) is 0 Å². The highest BCUT2D eigenvalue weighted by Gasteiger charge is 2.59. The lowest BCUT2D eigenvalue weighted by molar-refractivity contribution is -0.148. The molecule has 4 nitrogen and oxygen atoms in total. The van der Waals surface area contributed by atoms with Gasteiger partial charge in [0.15, 0.2) is 9.84 Å². The summed E-state index contributed by atoms with van der Waals surface area (Å²) in [5.74, 6) is 4.11. The van der Waals surface area contributed by atoms with Gasteiger partial charge in [0.1, 0.15) is 6.10 Å². The maximum absolute atomic E-state index is 12.9. The van der Waals surface area contributed by atoms with Crippen molar-refractivity contribution in [2.24, 2.45) is 46.3 Å². The second-order valence-corrected chi connectivity index (χ2v) is 17.1. The Morgan fingerprint density at radius 2 is 1.73 bits per heavy atom. The van der Waals surface area contributed by atoms with Crippen LogP contribution < -0.4 is 0 Å². The van der Waals surface area contributed by atoms with Crippen LogP contribution in [0.25, 0.3) is 0 Å². The van der Waals surface area contributed by atoms with E-state index in [0.717, 1.165) is 61.3 Å². The Kier molecular flexibility index (Phi) is 8.88. The zero-order chi connectivity index (χ0) is 29.6. The molecular weight excluding hydrogens is 528 g/mol. The molecule has 0 radical (unpaired) electrons. The molecule has 3 fully saturated rings. The van der Waals surface area contributed by atoms with Gasteiger partial charge in [-0.2, -0.15) is 0 Å². The van der Waals surface area contributed by atoms with Gasteiger partial charge in [-0.05, 0) is 117 Å². The van der Waals surface area contributed by atoms with Crippen molar-refractivity contribution in [2.45, 2.75) is 123 Å². The first-order valence-electron chi connectivity index (χ1n) is 16.5. The molecule has 9 atom stereocenters. The van der Waals surface area contributed by atoms with E-state index in [1.165, 1.54) is 45.4 Å². The van der Waals surface area contributed by atoms with E-state index >= 15 is 0 Å². The van der Waals surface area contributed by atoms with Crippen molar-refractivity contribution in [1.82, 2.24) is 0 Å². The van der Waals surface area contributed by atoms with Gasteiger partial charge in [0.05, 0.1) is 10.6 Å². The zero-order valence-corrected chi connectivity index (χ0v) is 27.3. The van der Waals surface area contributed by atoms with Crippen LogP contribution in [0.4, 0.5) is 0 Å². The fourth-order valence-electron chi connectivity index (χ4n) is 10.2. The summed E-state index contributed by atoms with van der Waals surface area (Å²) in [6.45, 7) is 13.3. The highest BCUT2D eigenvalue weighted by molar-refractivity contribution is 7.91. The fourth-order valence-corrected chi connectivity index (χ4v) is 11.9. The number of hydrogen-bond donors (Lipinski definition) is 0. The number of ether oxygens (including phenoxy) is 1. The molecule has 41 heavy (non-hydrogen) atoms. The minimum absolute atomic E-state index is 0.0689. The lowest BCUT2D eigenvalue weighted by atomic mass is 9.47. The number of carbonyl (C=O) groups is 1. The molecule has 2 unspecified atom stereocenters. The minimum Gasteiger partial charge on any atom is -0.462 e. The van der Waals surface area contributed by atoms with Gasteiger partial charge in [-0.15, -0.1) is 0 Å². The molecule has 0 saturated heterocycles. The maximum atomic E-state index is 12.9. The largest absolute Gasteiger partial charge is 0.462 e. The molecule has 1 aromatic rings. The molecule has 1 aromatic carbocycles. The van der Waals surface area contributed by atoms with Gasteiger partial charge in [-0.1, -0.05) is 69.9 Å². The fraction of sp³-hybridized carbons (Fsp3) is 0.750. The summed E-state index contributed by atoms with van der Waals surface area (Å²) in [4.78, 5) is 12.0. The molecule has 4 aliphatic carbocycles. The molecular formula is C36H54O4S. The van der Waals surface area contributed by atoms with Gasteiger partial charge in [-0.25, -0.2) is 8.42 Å². The van der Waals surface area contributed by atoms with Gasteiger partial charge >= 0.3 is 5.97 Å². The quantitative estimate of drug-likeness (QED) is 0.216. The third-order valence-corrected chi connectivity index (χ3v) is 14.4. The van der Waals surface area contributed by atoms with Gasteiger partial charge in [-0.3, -0.25) is 4.79 Å². The van der Waals surface area contributed by atoms with Crippen LogP contribution >= 0.6 is 0 Å². The molecule has 3 saturated carbocycles. The molecule has 5 heteroatoms. The average molecular weight is 583 g/mol. The number of fused-ring (bicyclic) bond motifs is 5. The summed E-state index contributed by atoms with van der Waals surface area (Å²) in [5.41, 5.74) is 3.36. The van der Waals surface area contributed by atoms with E-state index < -0.39 is 9.84 Å². The van der Waals surface area contributed by atoms with Gasteiger partial charge in [0.2, 0.25) is 0 Å². The third kappa shape index (κ3) is 6.08. The summed E-state index contributed by atoms with van der Waals surface area (Å²) >= 11 is 0. The lowest BCUT2D eigenvalue weighted by Crippen LogP contribution is -2.51. The van der Waals surface area contributed by atoms with Crippen molar-refractivity contribution in [1.29, 1.82) is 0 Å². The average Bonchev–Trinajstić information content (AvgIpc) is 3.26. The first-order chi connectivity index (χ1) is 19.3. The van der Waals surface area contributed by atoms with E-state index in [-0.39, 0.29) is 29.2 Å². The summed E-state index contributed by atoms with van der Waals surface area (Å²) in [6.07, 6.45) is 15.6. The van der Waals surface area contributed by atoms with E-state index in [9.17, 15) is 13.2 Å². The Morgan fingerprint density at radius 1 is 1.00 bits per heavy atom. The van der Waals surface area contributed by atoms with Crippen LogP contribution in [0.5, 0.6) is 0 Å². The normalized spacial score (nSPS) is 36.3. The van der Waals surface area contributed by atoms with E-state index in [4.69, 9.17) is 4.74 Å². The van der Waals surface area contributed by atoms with E-state index in [1.807, 2.05) is 19.1 Å². The summed E-state index contributed by atoms with van der Waals surface area (Å²) < 4.78 is 31.5. The standard InChI is InChI=1S/C36H54O4S/c1-24-10-13-30(14-11-24)41(38,39)23-25(2)8-7-9-26(3)32-16-17-33-31-15-12-28-22-29(40-27(4)37)18-20-35(28,5)34(31)19-21-36(32,33)6/h10-14,25-26,29,31-34H,7-9,15-23H2,1-6H3/t25?,26-,29?,31+,32-,33+,34+,35+,36-/m1/s1. The Hall–Kier alpha value is -1.62. The first-order valence-corrected chi connectivity index (χ1v) is 18.1. The van der Waals surface area contributed by atoms with Crippen LogP contribution in [0.2, 0.25) is 0 Å². The Labute approximate surface area is 250 Å². The van der Waals surface area contributed by atoms with E-state index in [2.05, 4.69) is 33.8 Å². The monoisotopic (exact) mass is 582 g/mol. The van der Waals surface area contributed by atoms with Gasteiger partial charge in [0.25, 0.3) is 0 Å². The minimum atomic E-state index is -3.23. The smallest absolute Gasteiger partial charge is 0.302 e. The van der Waals surface area contributed by atoms with Crippen LogP contribution in [0.15, 0.2) is 40.8 Å². The van der Waals surface area contributed by atoms with Crippen molar-refractivity contribution < 1.29 is 17.9 Å². The van der Waals surface area contributed by atoms with E-state index in [0.29, 0.717) is 16.2 Å². The number of aryl methyl sites for hydroxylation is 1. The van der Waals surface area contributed by atoms with Crippen molar-refractivity contribution in [3.63, 3.8) is 0 Å². The maximum Gasteiger partial charge on any atom is 0.302 e. The molecule has 0 N–H and O–H groups in total. The van der Waals surface area contributed by atoms with Crippen molar-refractivity contribution in [3.05, 3.63) is 41.5 Å². The van der Waals surface area contributed by atoms with Crippen molar-refractivity contribution >= 4 is 15.8 Å². The van der Waals surface area contributed by atoms with Crippen molar-refractivity contribution in [2.75, 3.05) is 5.75 Å². The lowest BCUT2D eigenvalue weighted by Gasteiger charge is -2.58. The number of sulfone groups is 1. The number of benzene rings is 1. The van der Waals surface area contributed by atoms with Crippen molar-refractivity contribution in [3.8, 4) is 0 Å².